The van der Waals surface area contributed by atoms with Gasteiger partial charge in [-0.1, -0.05) is 53.2 Å². The van der Waals surface area contributed by atoms with Crippen molar-refractivity contribution < 1.29 is 24.0 Å². The maximum Gasteiger partial charge on any atom is 0.534 e. The molecule has 0 saturated heterocycles. The molecule has 1 unspecified atom stereocenters. The van der Waals surface area contributed by atoms with Gasteiger partial charge < -0.3 is 14.5 Å². The molecule has 1 atom stereocenters. The largest absolute Gasteiger partial charge is 0.534 e. The van der Waals surface area contributed by atoms with Gasteiger partial charge in [-0.25, -0.2) is 4.79 Å². The van der Waals surface area contributed by atoms with Gasteiger partial charge in [0.15, 0.2) is 0 Å². The quantitative estimate of drug-likeness (QED) is 0.234. The van der Waals surface area contributed by atoms with Crippen LogP contribution in [0.4, 0.5) is 16.2 Å². The highest BCUT2D eigenvalue weighted by molar-refractivity contribution is 5.86. The van der Waals surface area contributed by atoms with Crippen LogP contribution in [0.5, 0.6) is 0 Å². The van der Waals surface area contributed by atoms with Gasteiger partial charge >= 0.3 is 6.16 Å². The number of imide groups is 1. The molecule has 3 rings (SSSR count). The standard InChI is InChI=1S/C28H37N3O5.C3H8/c1-9-10-25(33)31(17-32)36-27(34)35-18(2)26-21-13-11-19(29(5)6)15-23(21)28(3,4)24-16-20(30(7)8)12-14-22(24)26;1-3-2/h11-18,26H,9-10H2,1-8H3;3H2,1-2H3. The summed E-state index contributed by atoms with van der Waals surface area (Å²) in [6.07, 6.45) is 0.317. The number of carbonyl (C=O) groups is 3. The molecule has 0 aliphatic heterocycles. The first-order valence-corrected chi connectivity index (χ1v) is 13.6. The van der Waals surface area contributed by atoms with Crippen LogP contribution < -0.4 is 9.80 Å². The Morgan fingerprint density at radius 2 is 1.38 bits per heavy atom. The van der Waals surface area contributed by atoms with Gasteiger partial charge in [-0.3, -0.25) is 14.4 Å². The first-order chi connectivity index (χ1) is 18.3. The third-order valence-electron chi connectivity index (χ3n) is 6.85. The number of hydrogen-bond donors (Lipinski definition) is 0. The third-order valence-corrected chi connectivity index (χ3v) is 6.85. The molecule has 0 spiro atoms. The van der Waals surface area contributed by atoms with Crippen LogP contribution in [0.15, 0.2) is 36.4 Å². The van der Waals surface area contributed by atoms with Crippen molar-refractivity contribution >= 4 is 29.8 Å². The van der Waals surface area contributed by atoms with E-state index < -0.39 is 18.2 Å². The highest BCUT2D eigenvalue weighted by Crippen LogP contribution is 2.50. The van der Waals surface area contributed by atoms with Crippen molar-refractivity contribution in [1.82, 2.24) is 5.06 Å². The van der Waals surface area contributed by atoms with Crippen LogP contribution in [-0.2, 0) is 24.6 Å². The number of hydroxylamine groups is 2. The molecule has 0 bridgehead atoms. The van der Waals surface area contributed by atoms with Gasteiger partial charge in [-0.2, -0.15) is 0 Å². The number of carbonyl (C=O) groups excluding carboxylic acids is 3. The van der Waals surface area contributed by atoms with Crippen LogP contribution >= 0.6 is 0 Å². The Kier molecular flexibility index (Phi) is 11.0. The molecule has 2 aromatic carbocycles. The van der Waals surface area contributed by atoms with Crippen molar-refractivity contribution in [3.63, 3.8) is 0 Å². The Bertz CT molecular complexity index is 1100. The molecular formula is C31H45N3O5. The summed E-state index contributed by atoms with van der Waals surface area (Å²) >= 11 is 0. The fourth-order valence-electron chi connectivity index (χ4n) is 4.87. The molecule has 8 heteroatoms. The van der Waals surface area contributed by atoms with Crippen molar-refractivity contribution in [1.29, 1.82) is 0 Å². The summed E-state index contributed by atoms with van der Waals surface area (Å²) in [5, 5.41) is 0.400. The number of fused-ring (bicyclic) bond motifs is 2. The fourth-order valence-corrected chi connectivity index (χ4v) is 4.87. The second-order valence-electron chi connectivity index (χ2n) is 10.9. The zero-order valence-corrected chi connectivity index (χ0v) is 25.2. The zero-order chi connectivity index (χ0) is 29.5. The van der Waals surface area contributed by atoms with E-state index in [0.29, 0.717) is 11.5 Å². The third kappa shape index (κ3) is 7.11. The van der Waals surface area contributed by atoms with E-state index >= 15 is 0 Å². The minimum atomic E-state index is -1.10. The maximum absolute atomic E-state index is 12.6. The van der Waals surface area contributed by atoms with E-state index in [1.807, 2.05) is 28.2 Å². The smallest absolute Gasteiger partial charge is 0.429 e. The second-order valence-corrected chi connectivity index (χ2v) is 10.9. The fraction of sp³-hybridized carbons (Fsp3) is 0.516. The highest BCUT2D eigenvalue weighted by Gasteiger charge is 2.41. The highest BCUT2D eigenvalue weighted by atomic mass is 16.8. The van der Waals surface area contributed by atoms with Crippen molar-refractivity contribution in [3.8, 4) is 0 Å². The Hall–Kier alpha value is -3.55. The first-order valence-electron chi connectivity index (χ1n) is 13.6. The molecule has 39 heavy (non-hydrogen) atoms. The molecule has 1 aliphatic carbocycles. The number of hydrogen-bond acceptors (Lipinski definition) is 7. The van der Waals surface area contributed by atoms with Gasteiger partial charge in [0.2, 0.25) is 0 Å². The molecule has 0 radical (unpaired) electrons. The lowest BCUT2D eigenvalue weighted by molar-refractivity contribution is -0.177. The molecule has 2 aromatic rings. The van der Waals surface area contributed by atoms with E-state index in [0.717, 1.165) is 33.6 Å². The summed E-state index contributed by atoms with van der Waals surface area (Å²) in [7, 11) is 8.03. The zero-order valence-electron chi connectivity index (χ0n) is 25.2. The SMILES string of the molecule is CCC.CCCC(=O)N(C=O)OC(=O)OC(C)C1c2ccc(N(C)C)cc2C(C)(C)c2cc(N(C)C)ccc21. The van der Waals surface area contributed by atoms with E-state index in [2.05, 4.69) is 73.9 Å². The molecule has 0 heterocycles. The molecular weight excluding hydrogens is 494 g/mol. The van der Waals surface area contributed by atoms with Crippen LogP contribution in [0.2, 0.25) is 0 Å². The van der Waals surface area contributed by atoms with Crippen LogP contribution in [-0.4, -0.2) is 57.8 Å². The second kappa shape index (κ2) is 13.5. The van der Waals surface area contributed by atoms with Crippen molar-refractivity contribution in [2.75, 3.05) is 38.0 Å². The van der Waals surface area contributed by atoms with Crippen molar-refractivity contribution in [3.05, 3.63) is 58.7 Å². The van der Waals surface area contributed by atoms with E-state index in [-0.39, 0.29) is 24.2 Å². The van der Waals surface area contributed by atoms with Crippen LogP contribution in [0.25, 0.3) is 0 Å². The van der Waals surface area contributed by atoms with E-state index in [1.165, 1.54) is 6.42 Å². The minimum Gasteiger partial charge on any atom is -0.429 e. The molecule has 214 valence electrons. The van der Waals surface area contributed by atoms with Crippen LogP contribution in [0, 0.1) is 0 Å². The summed E-state index contributed by atoms with van der Waals surface area (Å²) in [5.41, 5.74) is 6.29. The summed E-state index contributed by atoms with van der Waals surface area (Å²) < 4.78 is 5.65. The number of nitrogens with zero attached hydrogens (tertiary/aromatic N) is 3. The Morgan fingerprint density at radius 1 is 0.923 bits per heavy atom. The van der Waals surface area contributed by atoms with Gasteiger partial charge in [0, 0.05) is 57.3 Å². The molecule has 1 aliphatic rings. The van der Waals surface area contributed by atoms with E-state index in [1.54, 1.807) is 13.8 Å². The predicted octanol–water partition coefficient (Wildman–Crippen LogP) is 6.25. The summed E-state index contributed by atoms with van der Waals surface area (Å²) in [6, 6.07) is 12.7. The molecule has 0 fully saturated rings. The number of ether oxygens (including phenoxy) is 1. The number of amides is 2. The van der Waals surface area contributed by atoms with Gasteiger partial charge in [-0.15, -0.1) is 5.06 Å². The molecule has 0 N–H and O–H groups in total. The Balaban J connectivity index is 0.00000170. The number of benzene rings is 2. The van der Waals surface area contributed by atoms with Gasteiger partial charge in [0.1, 0.15) is 6.10 Å². The van der Waals surface area contributed by atoms with Crippen LogP contribution in [0.3, 0.4) is 0 Å². The minimum absolute atomic E-state index is 0.0858. The van der Waals surface area contributed by atoms with Gasteiger partial charge in [0.05, 0.1) is 0 Å². The number of anilines is 2. The number of rotatable bonds is 7. The summed E-state index contributed by atoms with van der Waals surface area (Å²) in [4.78, 5) is 45.0. The Labute approximate surface area is 233 Å². The van der Waals surface area contributed by atoms with E-state index in [4.69, 9.17) is 9.57 Å². The Morgan fingerprint density at radius 3 is 1.77 bits per heavy atom. The van der Waals surface area contributed by atoms with Crippen molar-refractivity contribution in [2.45, 2.75) is 78.2 Å². The van der Waals surface area contributed by atoms with Crippen LogP contribution in [0.1, 0.15) is 89.0 Å². The van der Waals surface area contributed by atoms with Gasteiger partial charge in [-0.05, 0) is 59.9 Å². The lowest BCUT2D eigenvalue weighted by Gasteiger charge is -2.42. The predicted molar refractivity (Wildman–Crippen MR) is 156 cm³/mol. The summed E-state index contributed by atoms with van der Waals surface area (Å²) in [6.45, 7) is 12.3. The lowest BCUT2D eigenvalue weighted by Crippen LogP contribution is -2.37. The monoisotopic (exact) mass is 539 g/mol. The molecule has 8 nitrogen and oxygen atoms in total. The maximum atomic E-state index is 12.6. The van der Waals surface area contributed by atoms with Crippen molar-refractivity contribution in [2.24, 2.45) is 0 Å². The summed E-state index contributed by atoms with van der Waals surface area (Å²) in [5.74, 6) is -0.862. The van der Waals surface area contributed by atoms with E-state index in [9.17, 15) is 14.4 Å². The average Bonchev–Trinajstić information content (AvgIpc) is 2.87. The first kappa shape index (κ1) is 31.7. The lowest BCUT2D eigenvalue weighted by atomic mass is 9.64. The van der Waals surface area contributed by atoms with Gasteiger partial charge in [0.25, 0.3) is 12.3 Å². The normalized spacial score (nSPS) is 14.0. The molecule has 2 amide bonds. The average molecular weight is 540 g/mol. The molecule has 0 aromatic heterocycles. The molecule has 0 saturated carbocycles. The topological polar surface area (TPSA) is 79.4 Å².